The first-order valence-corrected chi connectivity index (χ1v) is 7.94. The molecule has 0 heterocycles. The van der Waals surface area contributed by atoms with E-state index < -0.39 is 0 Å². The third-order valence-corrected chi connectivity index (χ3v) is 4.29. The summed E-state index contributed by atoms with van der Waals surface area (Å²) in [5.41, 5.74) is 1.60. The van der Waals surface area contributed by atoms with Crippen LogP contribution in [0.5, 0.6) is 5.75 Å². The Labute approximate surface area is 141 Å². The van der Waals surface area contributed by atoms with Crippen molar-refractivity contribution in [2.45, 2.75) is 6.54 Å². The highest BCUT2D eigenvalue weighted by Gasteiger charge is 2.16. The summed E-state index contributed by atoms with van der Waals surface area (Å²) in [5, 5.41) is 0. The molecule has 0 saturated carbocycles. The van der Waals surface area contributed by atoms with Crippen molar-refractivity contribution in [2.24, 2.45) is 0 Å². The minimum atomic E-state index is -0.0471. The zero-order valence-corrected chi connectivity index (χ0v) is 14.9. The first-order chi connectivity index (χ1) is 10.0. The van der Waals surface area contributed by atoms with Gasteiger partial charge >= 0.3 is 0 Å². The van der Waals surface area contributed by atoms with Gasteiger partial charge in [-0.2, -0.15) is 0 Å². The number of benzene rings is 2. The van der Waals surface area contributed by atoms with Crippen LogP contribution < -0.4 is 4.74 Å². The second-order valence-electron chi connectivity index (χ2n) is 4.60. The molecule has 0 bridgehead atoms. The van der Waals surface area contributed by atoms with E-state index in [1.54, 1.807) is 19.1 Å². The van der Waals surface area contributed by atoms with E-state index in [0.29, 0.717) is 12.1 Å². The molecule has 0 aliphatic rings. The zero-order valence-electron chi connectivity index (χ0n) is 11.8. The minimum Gasteiger partial charge on any atom is -0.496 e. The predicted molar refractivity (Wildman–Crippen MR) is 90.6 cm³/mol. The fraction of sp³-hybridized carbons (Fsp3) is 0.188. The topological polar surface area (TPSA) is 29.5 Å². The molecule has 0 aliphatic carbocycles. The first kappa shape index (κ1) is 16.0. The van der Waals surface area contributed by atoms with Crippen LogP contribution in [0.4, 0.5) is 0 Å². The number of hydrogen-bond donors (Lipinski definition) is 0. The number of methoxy groups -OCH3 is 1. The van der Waals surface area contributed by atoms with Crippen LogP contribution >= 0.6 is 31.9 Å². The maximum Gasteiger partial charge on any atom is 0.255 e. The van der Waals surface area contributed by atoms with E-state index in [0.717, 1.165) is 20.3 Å². The molecule has 0 radical (unpaired) electrons. The van der Waals surface area contributed by atoms with Gasteiger partial charge in [-0.1, -0.05) is 34.1 Å². The van der Waals surface area contributed by atoms with Crippen molar-refractivity contribution in [2.75, 3.05) is 14.2 Å². The molecule has 0 spiro atoms. The molecule has 2 rings (SSSR count). The van der Waals surface area contributed by atoms with Gasteiger partial charge in [0.1, 0.15) is 5.75 Å². The van der Waals surface area contributed by atoms with Gasteiger partial charge in [0, 0.05) is 28.1 Å². The van der Waals surface area contributed by atoms with Crippen molar-refractivity contribution in [1.29, 1.82) is 0 Å². The molecule has 3 nitrogen and oxygen atoms in total. The average Bonchev–Trinajstić information content (AvgIpc) is 2.49. The highest BCUT2D eigenvalue weighted by molar-refractivity contribution is 9.11. The number of amides is 1. The van der Waals surface area contributed by atoms with Crippen molar-refractivity contribution in [3.8, 4) is 5.75 Å². The Balaban J connectivity index is 2.22. The molecule has 0 aromatic heterocycles. The fourth-order valence-corrected chi connectivity index (χ4v) is 2.81. The number of para-hydroxylation sites is 1. The number of hydrogen-bond acceptors (Lipinski definition) is 2. The molecular weight excluding hydrogens is 398 g/mol. The molecule has 110 valence electrons. The van der Waals surface area contributed by atoms with Gasteiger partial charge in [-0.05, 0) is 40.2 Å². The molecule has 0 fully saturated rings. The number of carbonyl (C=O) groups excluding carboxylic acids is 1. The molecular formula is C16H15Br2NO2. The lowest BCUT2D eigenvalue weighted by atomic mass is 10.1. The van der Waals surface area contributed by atoms with Gasteiger partial charge < -0.3 is 9.64 Å². The summed E-state index contributed by atoms with van der Waals surface area (Å²) in [6.07, 6.45) is 0. The van der Waals surface area contributed by atoms with E-state index in [-0.39, 0.29) is 5.91 Å². The molecule has 0 unspecified atom stereocenters. The highest BCUT2D eigenvalue weighted by Crippen LogP contribution is 2.24. The van der Waals surface area contributed by atoms with Gasteiger partial charge in [0.15, 0.2) is 0 Å². The lowest BCUT2D eigenvalue weighted by molar-refractivity contribution is 0.0783. The molecule has 5 heteroatoms. The van der Waals surface area contributed by atoms with Crippen LogP contribution in [-0.4, -0.2) is 25.0 Å². The quantitative estimate of drug-likeness (QED) is 0.740. The third kappa shape index (κ3) is 3.86. The van der Waals surface area contributed by atoms with Gasteiger partial charge in [-0.3, -0.25) is 4.79 Å². The zero-order chi connectivity index (χ0) is 15.4. The van der Waals surface area contributed by atoms with Crippen LogP contribution in [0, 0.1) is 0 Å². The van der Waals surface area contributed by atoms with E-state index in [1.807, 2.05) is 42.5 Å². The normalized spacial score (nSPS) is 10.3. The summed E-state index contributed by atoms with van der Waals surface area (Å²) in [7, 11) is 3.41. The molecule has 1 amide bonds. The van der Waals surface area contributed by atoms with Crippen molar-refractivity contribution >= 4 is 37.8 Å². The van der Waals surface area contributed by atoms with Gasteiger partial charge in [0.2, 0.25) is 0 Å². The summed E-state index contributed by atoms with van der Waals surface area (Å²) >= 11 is 6.81. The standard InChI is InChI=1S/C16H15Br2NO2/c1-19(10-11-5-3-4-6-15(11)21-2)16(20)13-9-12(17)7-8-14(13)18/h3-9H,10H2,1-2H3. The maximum absolute atomic E-state index is 12.6. The van der Waals surface area contributed by atoms with Crippen molar-refractivity contribution in [3.05, 3.63) is 62.5 Å². The van der Waals surface area contributed by atoms with Crippen LogP contribution in [-0.2, 0) is 6.54 Å². The van der Waals surface area contributed by atoms with E-state index in [2.05, 4.69) is 31.9 Å². The lowest BCUT2D eigenvalue weighted by Crippen LogP contribution is -2.26. The summed E-state index contributed by atoms with van der Waals surface area (Å²) in [6, 6.07) is 13.3. The molecule has 0 atom stereocenters. The van der Waals surface area contributed by atoms with E-state index in [4.69, 9.17) is 4.74 Å². The summed E-state index contributed by atoms with van der Waals surface area (Å²) < 4.78 is 6.97. The maximum atomic E-state index is 12.6. The molecule has 0 aliphatic heterocycles. The largest absolute Gasteiger partial charge is 0.496 e. The van der Waals surface area contributed by atoms with Gasteiger partial charge in [0.05, 0.1) is 12.7 Å². The number of halogens is 2. The van der Waals surface area contributed by atoms with Crippen LogP contribution in [0.2, 0.25) is 0 Å². The van der Waals surface area contributed by atoms with Crippen molar-refractivity contribution < 1.29 is 9.53 Å². The van der Waals surface area contributed by atoms with Crippen LogP contribution in [0.3, 0.4) is 0 Å². The van der Waals surface area contributed by atoms with Crippen molar-refractivity contribution in [3.63, 3.8) is 0 Å². The smallest absolute Gasteiger partial charge is 0.255 e. The monoisotopic (exact) mass is 411 g/mol. The first-order valence-electron chi connectivity index (χ1n) is 6.35. The summed E-state index contributed by atoms with van der Waals surface area (Å²) in [4.78, 5) is 14.2. The number of carbonyl (C=O) groups is 1. The molecule has 0 N–H and O–H groups in total. The number of ether oxygens (including phenoxy) is 1. The minimum absolute atomic E-state index is 0.0471. The number of rotatable bonds is 4. The average molecular weight is 413 g/mol. The van der Waals surface area contributed by atoms with Crippen LogP contribution in [0.1, 0.15) is 15.9 Å². The Morgan fingerprint density at radius 2 is 1.90 bits per heavy atom. The lowest BCUT2D eigenvalue weighted by Gasteiger charge is -2.19. The number of nitrogens with zero attached hydrogens (tertiary/aromatic N) is 1. The Morgan fingerprint density at radius 1 is 1.19 bits per heavy atom. The summed E-state index contributed by atoms with van der Waals surface area (Å²) in [6.45, 7) is 0.488. The Kier molecular flexibility index (Phi) is 5.42. The molecule has 0 saturated heterocycles. The summed E-state index contributed by atoms with van der Waals surface area (Å²) in [5.74, 6) is 0.736. The third-order valence-electron chi connectivity index (χ3n) is 3.11. The molecule has 21 heavy (non-hydrogen) atoms. The van der Waals surface area contributed by atoms with E-state index >= 15 is 0 Å². The van der Waals surface area contributed by atoms with Crippen LogP contribution in [0.25, 0.3) is 0 Å². The van der Waals surface area contributed by atoms with Gasteiger partial charge in [0.25, 0.3) is 5.91 Å². The second-order valence-corrected chi connectivity index (χ2v) is 6.37. The van der Waals surface area contributed by atoms with E-state index in [1.165, 1.54) is 0 Å². The Morgan fingerprint density at radius 3 is 2.62 bits per heavy atom. The predicted octanol–water partition coefficient (Wildman–Crippen LogP) is 4.49. The Hall–Kier alpha value is -1.33. The molecule has 2 aromatic rings. The SMILES string of the molecule is COc1ccccc1CN(C)C(=O)c1cc(Br)ccc1Br. The highest BCUT2D eigenvalue weighted by atomic mass is 79.9. The fourth-order valence-electron chi connectivity index (χ4n) is 2.03. The van der Waals surface area contributed by atoms with Crippen LogP contribution in [0.15, 0.2) is 51.4 Å². The van der Waals surface area contributed by atoms with Crippen molar-refractivity contribution in [1.82, 2.24) is 4.90 Å². The Bertz CT molecular complexity index is 658. The van der Waals surface area contributed by atoms with E-state index in [9.17, 15) is 4.79 Å². The molecule has 2 aromatic carbocycles. The second kappa shape index (κ2) is 7.09. The van der Waals surface area contributed by atoms with Gasteiger partial charge in [-0.25, -0.2) is 0 Å². The van der Waals surface area contributed by atoms with Gasteiger partial charge in [-0.15, -0.1) is 0 Å².